The van der Waals surface area contributed by atoms with E-state index in [-0.39, 0.29) is 0 Å². The minimum Gasteiger partial charge on any atom is -0.462 e. The average molecular weight is 189 g/mol. The number of aromatic nitrogens is 1. The minimum absolute atomic E-state index is 0.469. The number of hydrogen-bond donors (Lipinski definition) is 0. The van der Waals surface area contributed by atoms with Crippen molar-refractivity contribution in [2.45, 2.75) is 33.1 Å². The summed E-state index contributed by atoms with van der Waals surface area (Å²) in [6, 6.07) is 2.08. The number of aryl methyl sites for hydroxylation is 1. The number of pyridine rings is 1. The first-order valence-corrected chi connectivity index (χ1v) is 5.08. The number of fused-ring (bicyclic) bond motifs is 1. The summed E-state index contributed by atoms with van der Waals surface area (Å²) in [5.74, 6) is 0.469. The van der Waals surface area contributed by atoms with Crippen molar-refractivity contribution in [1.29, 1.82) is 0 Å². The van der Waals surface area contributed by atoms with Crippen LogP contribution in [0, 0.1) is 0 Å². The van der Waals surface area contributed by atoms with Crippen LogP contribution in [0.2, 0.25) is 0 Å². The van der Waals surface area contributed by atoms with Gasteiger partial charge in [-0.25, -0.2) is 0 Å². The Bertz CT molecular complexity index is 443. The van der Waals surface area contributed by atoms with Gasteiger partial charge in [0.25, 0.3) is 0 Å². The summed E-state index contributed by atoms with van der Waals surface area (Å²) in [4.78, 5) is 4.44. The highest BCUT2D eigenvalue weighted by molar-refractivity contribution is 5.77. The van der Waals surface area contributed by atoms with Gasteiger partial charge in [0.05, 0.1) is 6.26 Å². The van der Waals surface area contributed by atoms with Crippen LogP contribution in [0.1, 0.15) is 37.8 Å². The molecule has 0 saturated carbocycles. The van der Waals surface area contributed by atoms with E-state index in [0.717, 1.165) is 17.5 Å². The van der Waals surface area contributed by atoms with Crippen LogP contribution in [0.25, 0.3) is 11.1 Å². The Hall–Kier alpha value is -1.31. The van der Waals surface area contributed by atoms with Crippen molar-refractivity contribution in [3.63, 3.8) is 0 Å². The van der Waals surface area contributed by atoms with E-state index in [1.54, 1.807) is 0 Å². The van der Waals surface area contributed by atoms with Crippen LogP contribution in [0.5, 0.6) is 0 Å². The summed E-state index contributed by atoms with van der Waals surface area (Å²) < 4.78 is 5.49. The van der Waals surface area contributed by atoms with Crippen LogP contribution < -0.4 is 0 Å². The van der Waals surface area contributed by atoms with Gasteiger partial charge >= 0.3 is 0 Å². The molecule has 2 heterocycles. The second kappa shape index (κ2) is 3.45. The fraction of sp³-hybridized carbons (Fsp3) is 0.417. The molecule has 0 fully saturated rings. The van der Waals surface area contributed by atoms with Crippen LogP contribution in [0.15, 0.2) is 22.9 Å². The van der Waals surface area contributed by atoms with Crippen molar-refractivity contribution < 1.29 is 4.42 Å². The van der Waals surface area contributed by atoms with E-state index in [9.17, 15) is 0 Å². The Kier molecular flexibility index (Phi) is 2.28. The lowest BCUT2D eigenvalue weighted by Crippen LogP contribution is -1.87. The van der Waals surface area contributed by atoms with Gasteiger partial charge in [0.2, 0.25) is 0 Å². The van der Waals surface area contributed by atoms with Gasteiger partial charge in [0, 0.05) is 11.8 Å². The molecular formula is C12H15NO. The SMILES string of the molecule is CCc1cnc2c(C(C)C)coc2c1. The van der Waals surface area contributed by atoms with E-state index < -0.39 is 0 Å². The molecule has 0 atom stereocenters. The first kappa shape index (κ1) is 9.25. The highest BCUT2D eigenvalue weighted by atomic mass is 16.3. The van der Waals surface area contributed by atoms with Crippen molar-refractivity contribution in [2.24, 2.45) is 0 Å². The van der Waals surface area contributed by atoms with E-state index in [1.165, 1.54) is 11.1 Å². The van der Waals surface area contributed by atoms with Crippen LogP contribution >= 0.6 is 0 Å². The molecule has 0 saturated heterocycles. The van der Waals surface area contributed by atoms with E-state index in [4.69, 9.17) is 4.42 Å². The molecule has 0 aliphatic heterocycles. The molecule has 0 spiro atoms. The Morgan fingerprint density at radius 1 is 1.43 bits per heavy atom. The lowest BCUT2D eigenvalue weighted by atomic mass is 10.1. The van der Waals surface area contributed by atoms with Gasteiger partial charge in [-0.15, -0.1) is 0 Å². The highest BCUT2D eigenvalue weighted by Crippen LogP contribution is 2.25. The predicted octanol–water partition coefficient (Wildman–Crippen LogP) is 3.51. The van der Waals surface area contributed by atoms with Crippen LogP contribution in [-0.2, 0) is 6.42 Å². The first-order valence-electron chi connectivity index (χ1n) is 5.08. The predicted molar refractivity (Wildman–Crippen MR) is 57.5 cm³/mol. The molecule has 0 radical (unpaired) electrons. The molecule has 2 aromatic rings. The molecule has 2 heteroatoms. The largest absolute Gasteiger partial charge is 0.462 e. The summed E-state index contributed by atoms with van der Waals surface area (Å²) in [6.45, 7) is 6.43. The zero-order valence-corrected chi connectivity index (χ0v) is 8.87. The number of furan rings is 1. The molecule has 0 N–H and O–H groups in total. The summed E-state index contributed by atoms with van der Waals surface area (Å²) >= 11 is 0. The maximum Gasteiger partial charge on any atom is 0.152 e. The fourth-order valence-corrected chi connectivity index (χ4v) is 1.58. The molecule has 2 nitrogen and oxygen atoms in total. The van der Waals surface area contributed by atoms with Gasteiger partial charge in [-0.05, 0) is 24.0 Å². The lowest BCUT2D eigenvalue weighted by Gasteiger charge is -2.00. The Balaban J connectivity index is 2.59. The quantitative estimate of drug-likeness (QED) is 0.722. The van der Waals surface area contributed by atoms with Crippen LogP contribution in [0.4, 0.5) is 0 Å². The van der Waals surface area contributed by atoms with Gasteiger partial charge in [-0.1, -0.05) is 20.8 Å². The third-order valence-corrected chi connectivity index (χ3v) is 2.53. The van der Waals surface area contributed by atoms with Crippen molar-refractivity contribution in [3.05, 3.63) is 29.7 Å². The monoisotopic (exact) mass is 189 g/mol. The molecule has 0 aliphatic rings. The van der Waals surface area contributed by atoms with E-state index >= 15 is 0 Å². The summed E-state index contributed by atoms with van der Waals surface area (Å²) in [6.07, 6.45) is 4.76. The van der Waals surface area contributed by atoms with Crippen molar-refractivity contribution >= 4 is 11.1 Å². The maximum atomic E-state index is 5.49. The molecule has 0 aliphatic carbocycles. The third-order valence-electron chi connectivity index (χ3n) is 2.53. The maximum absolute atomic E-state index is 5.49. The van der Waals surface area contributed by atoms with Crippen molar-refractivity contribution in [1.82, 2.24) is 4.98 Å². The first-order chi connectivity index (χ1) is 6.72. The minimum atomic E-state index is 0.469. The molecule has 0 amide bonds. The average Bonchev–Trinajstić information content (AvgIpc) is 2.59. The lowest BCUT2D eigenvalue weighted by molar-refractivity contribution is 0.606. The van der Waals surface area contributed by atoms with Gasteiger partial charge < -0.3 is 4.42 Å². The molecule has 0 bridgehead atoms. The van der Waals surface area contributed by atoms with E-state index in [0.29, 0.717) is 5.92 Å². The van der Waals surface area contributed by atoms with Crippen molar-refractivity contribution in [2.75, 3.05) is 0 Å². The summed E-state index contributed by atoms with van der Waals surface area (Å²) in [7, 11) is 0. The van der Waals surface area contributed by atoms with Crippen molar-refractivity contribution in [3.8, 4) is 0 Å². The normalized spacial score (nSPS) is 11.4. The molecule has 74 valence electrons. The van der Waals surface area contributed by atoms with Gasteiger partial charge in [-0.3, -0.25) is 4.98 Å². The summed E-state index contributed by atoms with van der Waals surface area (Å²) in [5.41, 5.74) is 4.34. The summed E-state index contributed by atoms with van der Waals surface area (Å²) in [5, 5.41) is 0. The zero-order chi connectivity index (χ0) is 10.1. The second-order valence-electron chi connectivity index (χ2n) is 3.89. The highest BCUT2D eigenvalue weighted by Gasteiger charge is 2.10. The zero-order valence-electron chi connectivity index (χ0n) is 8.87. The molecule has 2 rings (SSSR count). The standard InChI is InChI=1S/C12H15NO/c1-4-9-5-11-12(13-6-9)10(7-14-11)8(2)3/h5-8H,4H2,1-3H3. The van der Waals surface area contributed by atoms with Gasteiger partial charge in [0.15, 0.2) is 5.58 Å². The van der Waals surface area contributed by atoms with Gasteiger partial charge in [0.1, 0.15) is 5.52 Å². The molecule has 14 heavy (non-hydrogen) atoms. The smallest absolute Gasteiger partial charge is 0.152 e. The second-order valence-corrected chi connectivity index (χ2v) is 3.89. The Morgan fingerprint density at radius 2 is 2.21 bits per heavy atom. The molecule has 0 aromatic carbocycles. The number of nitrogens with zero attached hydrogens (tertiary/aromatic N) is 1. The third kappa shape index (κ3) is 1.41. The van der Waals surface area contributed by atoms with Crippen LogP contribution in [-0.4, -0.2) is 4.98 Å². The topological polar surface area (TPSA) is 26.0 Å². The molecule has 2 aromatic heterocycles. The van der Waals surface area contributed by atoms with E-state index in [2.05, 4.69) is 31.8 Å². The van der Waals surface area contributed by atoms with Crippen LogP contribution in [0.3, 0.4) is 0 Å². The van der Waals surface area contributed by atoms with Gasteiger partial charge in [-0.2, -0.15) is 0 Å². The van der Waals surface area contributed by atoms with E-state index in [1.807, 2.05) is 12.5 Å². The Morgan fingerprint density at radius 3 is 2.86 bits per heavy atom. The fourth-order valence-electron chi connectivity index (χ4n) is 1.58. The molecular weight excluding hydrogens is 174 g/mol. The Labute approximate surface area is 84.0 Å². The molecule has 0 unspecified atom stereocenters. The number of hydrogen-bond acceptors (Lipinski definition) is 2. The number of rotatable bonds is 2.